The highest BCUT2D eigenvalue weighted by molar-refractivity contribution is 9.10. The van der Waals surface area contributed by atoms with Crippen LogP contribution in [0.25, 0.3) is 0 Å². The number of halogens is 1. The first-order valence-corrected chi connectivity index (χ1v) is 6.21. The van der Waals surface area contributed by atoms with E-state index in [1.54, 1.807) is 0 Å². The van der Waals surface area contributed by atoms with Crippen LogP contribution < -0.4 is 10.5 Å². The van der Waals surface area contributed by atoms with Gasteiger partial charge >= 0.3 is 0 Å². The summed E-state index contributed by atoms with van der Waals surface area (Å²) in [5.41, 5.74) is 5.92. The lowest BCUT2D eigenvalue weighted by Crippen LogP contribution is -2.33. The zero-order valence-electron chi connectivity index (χ0n) is 8.66. The molecule has 0 bridgehead atoms. The molecule has 0 radical (unpaired) electrons. The Morgan fingerprint density at radius 2 is 1.93 bits per heavy atom. The average Bonchev–Trinajstić information content (AvgIpc) is 2.22. The molecule has 1 aromatic carbocycles. The summed E-state index contributed by atoms with van der Waals surface area (Å²) in [6, 6.07) is 8.30. The van der Waals surface area contributed by atoms with Gasteiger partial charge in [0.25, 0.3) is 0 Å². The Labute approximate surface area is 98.9 Å². The molecule has 3 heteroatoms. The van der Waals surface area contributed by atoms with Crippen LogP contribution in [0.5, 0.6) is 5.75 Å². The number of benzene rings is 1. The molecule has 0 aliphatic heterocycles. The number of hydrogen-bond acceptors (Lipinski definition) is 2. The zero-order valence-corrected chi connectivity index (χ0v) is 10.2. The number of nitrogens with two attached hydrogens (primary N) is 1. The molecule has 0 aromatic heterocycles. The van der Waals surface area contributed by atoms with Crippen LogP contribution >= 0.6 is 15.9 Å². The van der Waals surface area contributed by atoms with Crippen LogP contribution in [0.2, 0.25) is 0 Å². The van der Waals surface area contributed by atoms with Crippen molar-refractivity contribution in [3.05, 3.63) is 28.7 Å². The van der Waals surface area contributed by atoms with Crippen molar-refractivity contribution in [3.63, 3.8) is 0 Å². The van der Waals surface area contributed by atoms with Crippen LogP contribution in [0.1, 0.15) is 25.7 Å². The van der Waals surface area contributed by atoms with E-state index >= 15 is 0 Å². The Balaban J connectivity index is 1.93. The molecule has 0 saturated heterocycles. The van der Waals surface area contributed by atoms with Crippen molar-refractivity contribution in [2.45, 2.75) is 37.8 Å². The largest absolute Gasteiger partial charge is 0.490 e. The van der Waals surface area contributed by atoms with Crippen LogP contribution in [0.4, 0.5) is 0 Å². The average molecular weight is 270 g/mol. The molecule has 2 atom stereocenters. The van der Waals surface area contributed by atoms with Crippen LogP contribution in [0.3, 0.4) is 0 Å². The van der Waals surface area contributed by atoms with Crippen molar-refractivity contribution in [1.29, 1.82) is 0 Å². The van der Waals surface area contributed by atoms with Gasteiger partial charge in [-0.1, -0.05) is 15.9 Å². The maximum absolute atomic E-state index is 5.92. The molecule has 1 aromatic rings. The fourth-order valence-electron chi connectivity index (χ4n) is 1.99. The smallest absolute Gasteiger partial charge is 0.119 e. The maximum atomic E-state index is 5.92. The maximum Gasteiger partial charge on any atom is 0.119 e. The van der Waals surface area contributed by atoms with Gasteiger partial charge in [0, 0.05) is 10.5 Å². The number of rotatable bonds is 2. The molecule has 1 aliphatic rings. The lowest BCUT2D eigenvalue weighted by atomic mass is 9.93. The van der Waals surface area contributed by atoms with Gasteiger partial charge in [-0.2, -0.15) is 0 Å². The molecule has 0 amide bonds. The van der Waals surface area contributed by atoms with E-state index in [-0.39, 0.29) is 0 Å². The van der Waals surface area contributed by atoms with Gasteiger partial charge < -0.3 is 10.5 Å². The van der Waals surface area contributed by atoms with Crippen molar-refractivity contribution >= 4 is 15.9 Å². The van der Waals surface area contributed by atoms with Crippen LogP contribution in [-0.4, -0.2) is 12.1 Å². The first kappa shape index (κ1) is 11.0. The van der Waals surface area contributed by atoms with Gasteiger partial charge in [-0.05, 0) is 49.9 Å². The van der Waals surface area contributed by atoms with E-state index < -0.39 is 0 Å². The predicted octanol–water partition coefficient (Wildman–Crippen LogP) is 3.10. The van der Waals surface area contributed by atoms with E-state index in [0.29, 0.717) is 12.1 Å². The molecule has 1 saturated carbocycles. The van der Waals surface area contributed by atoms with Gasteiger partial charge in [-0.15, -0.1) is 0 Å². The normalized spacial score (nSPS) is 26.3. The Bertz CT molecular complexity index is 312. The number of ether oxygens (including phenoxy) is 1. The van der Waals surface area contributed by atoms with Crippen molar-refractivity contribution in [3.8, 4) is 5.75 Å². The van der Waals surface area contributed by atoms with Gasteiger partial charge in [0.1, 0.15) is 11.9 Å². The molecule has 2 unspecified atom stereocenters. The zero-order chi connectivity index (χ0) is 10.7. The molecular weight excluding hydrogens is 254 g/mol. The summed E-state index contributed by atoms with van der Waals surface area (Å²) in [6.07, 6.45) is 4.73. The Hall–Kier alpha value is -0.540. The van der Waals surface area contributed by atoms with Gasteiger partial charge in [0.2, 0.25) is 0 Å². The Morgan fingerprint density at radius 3 is 2.60 bits per heavy atom. The van der Waals surface area contributed by atoms with E-state index in [4.69, 9.17) is 10.5 Å². The molecule has 0 spiro atoms. The second-order valence-electron chi connectivity index (χ2n) is 4.12. The highest BCUT2D eigenvalue weighted by Gasteiger charge is 2.20. The van der Waals surface area contributed by atoms with E-state index in [2.05, 4.69) is 15.9 Å². The summed E-state index contributed by atoms with van der Waals surface area (Å²) in [6.45, 7) is 0. The minimum absolute atomic E-state index is 0.301. The van der Waals surface area contributed by atoms with Gasteiger partial charge in [0.15, 0.2) is 0 Å². The Kier molecular flexibility index (Phi) is 3.65. The van der Waals surface area contributed by atoms with Crippen molar-refractivity contribution in [2.75, 3.05) is 0 Å². The third-order valence-corrected chi connectivity index (χ3v) is 3.31. The molecule has 2 nitrogen and oxygen atoms in total. The third-order valence-electron chi connectivity index (χ3n) is 2.78. The molecular formula is C12H16BrNO. The van der Waals surface area contributed by atoms with E-state index in [1.165, 1.54) is 6.42 Å². The van der Waals surface area contributed by atoms with Crippen molar-refractivity contribution in [2.24, 2.45) is 5.73 Å². The molecule has 0 heterocycles. The minimum Gasteiger partial charge on any atom is -0.490 e. The topological polar surface area (TPSA) is 35.2 Å². The van der Waals surface area contributed by atoms with Gasteiger partial charge in [-0.3, -0.25) is 0 Å². The quantitative estimate of drug-likeness (QED) is 0.896. The summed E-state index contributed by atoms with van der Waals surface area (Å²) >= 11 is 3.40. The van der Waals surface area contributed by atoms with Gasteiger partial charge in [0.05, 0.1) is 0 Å². The van der Waals surface area contributed by atoms with E-state index in [1.807, 2.05) is 24.3 Å². The fourth-order valence-corrected chi connectivity index (χ4v) is 2.26. The van der Waals surface area contributed by atoms with Crippen molar-refractivity contribution in [1.82, 2.24) is 0 Å². The fraction of sp³-hybridized carbons (Fsp3) is 0.500. The first-order valence-electron chi connectivity index (χ1n) is 5.42. The molecule has 1 aliphatic carbocycles. The van der Waals surface area contributed by atoms with Crippen LogP contribution in [-0.2, 0) is 0 Å². The van der Waals surface area contributed by atoms with Gasteiger partial charge in [-0.25, -0.2) is 0 Å². The van der Waals surface area contributed by atoms with E-state index in [0.717, 1.165) is 29.5 Å². The number of hydrogen-bond donors (Lipinski definition) is 1. The first-order chi connectivity index (χ1) is 7.24. The second kappa shape index (κ2) is 4.99. The SMILES string of the molecule is NC1CCCC(Oc2ccc(Br)cc2)C1. The standard InChI is InChI=1S/C12H16BrNO/c13-9-4-6-11(7-5-9)15-12-3-1-2-10(14)8-12/h4-7,10,12H,1-3,8,14H2. The molecule has 2 rings (SSSR count). The minimum atomic E-state index is 0.301. The summed E-state index contributed by atoms with van der Waals surface area (Å²) in [5.74, 6) is 0.942. The molecule has 1 fully saturated rings. The second-order valence-corrected chi connectivity index (χ2v) is 5.04. The highest BCUT2D eigenvalue weighted by Crippen LogP contribution is 2.23. The van der Waals surface area contributed by atoms with E-state index in [9.17, 15) is 0 Å². The summed E-state index contributed by atoms with van der Waals surface area (Å²) in [5, 5.41) is 0. The highest BCUT2D eigenvalue weighted by atomic mass is 79.9. The monoisotopic (exact) mass is 269 g/mol. The molecule has 15 heavy (non-hydrogen) atoms. The lowest BCUT2D eigenvalue weighted by molar-refractivity contribution is 0.144. The molecule has 82 valence electrons. The Morgan fingerprint density at radius 1 is 1.20 bits per heavy atom. The van der Waals surface area contributed by atoms with Crippen LogP contribution in [0, 0.1) is 0 Å². The lowest BCUT2D eigenvalue weighted by Gasteiger charge is -2.27. The summed E-state index contributed by atoms with van der Waals surface area (Å²) in [4.78, 5) is 0. The predicted molar refractivity (Wildman–Crippen MR) is 65.0 cm³/mol. The summed E-state index contributed by atoms with van der Waals surface area (Å²) < 4.78 is 6.96. The summed E-state index contributed by atoms with van der Waals surface area (Å²) in [7, 11) is 0. The third kappa shape index (κ3) is 3.21. The molecule has 2 N–H and O–H groups in total. The van der Waals surface area contributed by atoms with Crippen LogP contribution in [0.15, 0.2) is 28.7 Å². The van der Waals surface area contributed by atoms with Crippen molar-refractivity contribution < 1.29 is 4.74 Å².